The summed E-state index contributed by atoms with van der Waals surface area (Å²) in [5.74, 6) is 3.13. The molecule has 0 saturated heterocycles. The first-order valence-corrected chi connectivity index (χ1v) is 7.50. The van der Waals surface area contributed by atoms with Crippen molar-refractivity contribution in [2.75, 3.05) is 13.3 Å². The zero-order valence-electron chi connectivity index (χ0n) is 13.2. The van der Waals surface area contributed by atoms with Crippen LogP contribution in [0.25, 0.3) is 0 Å². The summed E-state index contributed by atoms with van der Waals surface area (Å²) in [5, 5.41) is 10.5. The van der Waals surface area contributed by atoms with Crippen molar-refractivity contribution in [2.24, 2.45) is 12.0 Å². The van der Waals surface area contributed by atoms with Gasteiger partial charge in [0.15, 0.2) is 17.5 Å². The van der Waals surface area contributed by atoms with Gasteiger partial charge in [-0.15, -0.1) is 0 Å². The lowest BCUT2D eigenvalue weighted by atomic mass is 10.2. The molecule has 8 heteroatoms. The number of ether oxygens (including phenoxy) is 2. The Balaban J connectivity index is 1.63. The Kier molecular flexibility index (Phi) is 4.60. The van der Waals surface area contributed by atoms with Crippen molar-refractivity contribution in [3.8, 4) is 11.5 Å². The van der Waals surface area contributed by atoms with Gasteiger partial charge in [-0.05, 0) is 24.6 Å². The third-order valence-electron chi connectivity index (χ3n) is 3.42. The van der Waals surface area contributed by atoms with Crippen LogP contribution < -0.4 is 20.1 Å². The van der Waals surface area contributed by atoms with Crippen molar-refractivity contribution in [1.82, 2.24) is 25.4 Å². The maximum absolute atomic E-state index is 5.38. The molecule has 0 amide bonds. The number of nitrogens with zero attached hydrogens (tertiary/aromatic N) is 4. The minimum Gasteiger partial charge on any atom is -0.454 e. The lowest BCUT2D eigenvalue weighted by Gasteiger charge is -2.11. The molecule has 0 fully saturated rings. The second kappa shape index (κ2) is 6.99. The van der Waals surface area contributed by atoms with Crippen molar-refractivity contribution < 1.29 is 9.47 Å². The third-order valence-corrected chi connectivity index (χ3v) is 3.42. The van der Waals surface area contributed by atoms with Crippen LogP contribution in [0, 0.1) is 0 Å². The van der Waals surface area contributed by atoms with E-state index in [-0.39, 0.29) is 6.79 Å². The Labute approximate surface area is 134 Å². The lowest BCUT2D eigenvalue weighted by Crippen LogP contribution is -2.37. The molecule has 1 aromatic heterocycles. The van der Waals surface area contributed by atoms with Crippen molar-refractivity contribution in [3.05, 3.63) is 35.9 Å². The van der Waals surface area contributed by atoms with Crippen LogP contribution >= 0.6 is 0 Å². The first kappa shape index (κ1) is 15.1. The Hall–Kier alpha value is -2.77. The molecular weight excluding hydrogens is 296 g/mol. The number of hydrogen-bond donors (Lipinski definition) is 2. The van der Waals surface area contributed by atoms with E-state index >= 15 is 0 Å². The van der Waals surface area contributed by atoms with Gasteiger partial charge in [0.2, 0.25) is 6.79 Å². The highest BCUT2D eigenvalue weighted by Gasteiger charge is 2.13. The van der Waals surface area contributed by atoms with Gasteiger partial charge in [0.25, 0.3) is 0 Å². The molecule has 0 atom stereocenters. The molecule has 23 heavy (non-hydrogen) atoms. The highest BCUT2D eigenvalue weighted by Crippen LogP contribution is 2.32. The van der Waals surface area contributed by atoms with Gasteiger partial charge in [0.1, 0.15) is 12.2 Å². The lowest BCUT2D eigenvalue weighted by molar-refractivity contribution is 0.174. The summed E-state index contributed by atoms with van der Waals surface area (Å²) in [6.45, 7) is 4.20. The highest BCUT2D eigenvalue weighted by atomic mass is 16.7. The molecule has 3 rings (SSSR count). The molecule has 0 saturated carbocycles. The van der Waals surface area contributed by atoms with Crippen LogP contribution in [0.2, 0.25) is 0 Å². The Bertz CT molecular complexity index is 697. The Morgan fingerprint density at radius 1 is 1.30 bits per heavy atom. The van der Waals surface area contributed by atoms with E-state index < -0.39 is 0 Å². The van der Waals surface area contributed by atoms with Gasteiger partial charge in [-0.2, -0.15) is 5.10 Å². The number of aromatic nitrogens is 3. The molecular formula is C15H20N6O2. The zero-order valence-corrected chi connectivity index (χ0v) is 13.2. The Morgan fingerprint density at radius 2 is 2.17 bits per heavy atom. The molecule has 2 N–H and O–H groups in total. The number of hydrogen-bond acceptors (Lipinski definition) is 5. The fourth-order valence-electron chi connectivity index (χ4n) is 2.19. The van der Waals surface area contributed by atoms with E-state index in [1.54, 1.807) is 4.68 Å². The first-order chi connectivity index (χ1) is 11.3. The summed E-state index contributed by atoms with van der Waals surface area (Å²) in [6.07, 6.45) is 1.54. The molecule has 0 aliphatic carbocycles. The van der Waals surface area contributed by atoms with E-state index in [1.165, 1.54) is 6.33 Å². The largest absolute Gasteiger partial charge is 0.454 e. The van der Waals surface area contributed by atoms with Crippen LogP contribution in [0.3, 0.4) is 0 Å². The second-order valence-electron chi connectivity index (χ2n) is 5.04. The quantitative estimate of drug-likeness (QED) is 0.627. The molecule has 1 aliphatic heterocycles. The SMILES string of the molecule is CCNC(=NCc1ccc2c(c1)OCO2)NCc1ncnn1C. The Morgan fingerprint density at radius 3 is 2.96 bits per heavy atom. The minimum atomic E-state index is 0.282. The van der Waals surface area contributed by atoms with E-state index in [2.05, 4.69) is 25.7 Å². The van der Waals surface area contributed by atoms with Crippen molar-refractivity contribution >= 4 is 5.96 Å². The second-order valence-corrected chi connectivity index (χ2v) is 5.04. The number of nitrogens with one attached hydrogen (secondary N) is 2. The normalized spacial score (nSPS) is 13.2. The van der Waals surface area contributed by atoms with Gasteiger partial charge in [-0.25, -0.2) is 9.98 Å². The standard InChI is InChI=1S/C15H20N6O2/c1-3-16-15(18-8-14-19-9-20-21(14)2)17-7-11-4-5-12-13(6-11)23-10-22-12/h4-6,9H,3,7-8,10H2,1-2H3,(H2,16,17,18). The van der Waals surface area contributed by atoms with Gasteiger partial charge in [-0.1, -0.05) is 6.07 Å². The predicted molar refractivity (Wildman–Crippen MR) is 85.2 cm³/mol. The van der Waals surface area contributed by atoms with E-state index in [0.717, 1.165) is 35.4 Å². The molecule has 2 aromatic rings. The fraction of sp³-hybridized carbons (Fsp3) is 0.400. The van der Waals surface area contributed by atoms with Crippen LogP contribution in [0.4, 0.5) is 0 Å². The summed E-state index contributed by atoms with van der Waals surface area (Å²) in [6, 6.07) is 5.86. The van der Waals surface area contributed by atoms with E-state index in [4.69, 9.17) is 9.47 Å². The third kappa shape index (κ3) is 3.71. The number of aliphatic imine (C=N–C) groups is 1. The molecule has 0 radical (unpaired) electrons. The maximum atomic E-state index is 5.38. The van der Waals surface area contributed by atoms with E-state index in [0.29, 0.717) is 13.1 Å². The number of rotatable bonds is 5. The maximum Gasteiger partial charge on any atom is 0.231 e. The minimum absolute atomic E-state index is 0.282. The predicted octanol–water partition coefficient (Wildman–Crippen LogP) is 0.799. The van der Waals surface area contributed by atoms with E-state index in [1.807, 2.05) is 32.2 Å². The molecule has 0 bridgehead atoms. The van der Waals surface area contributed by atoms with Gasteiger partial charge in [0.05, 0.1) is 13.1 Å². The summed E-state index contributed by atoms with van der Waals surface area (Å²) >= 11 is 0. The summed E-state index contributed by atoms with van der Waals surface area (Å²) in [5.41, 5.74) is 1.06. The molecule has 0 unspecified atom stereocenters. The molecule has 1 aromatic carbocycles. The molecule has 8 nitrogen and oxygen atoms in total. The van der Waals surface area contributed by atoms with Gasteiger partial charge in [-0.3, -0.25) is 4.68 Å². The molecule has 2 heterocycles. The van der Waals surface area contributed by atoms with Crippen LogP contribution in [0.15, 0.2) is 29.5 Å². The molecule has 122 valence electrons. The van der Waals surface area contributed by atoms with Gasteiger partial charge in [0, 0.05) is 13.6 Å². The van der Waals surface area contributed by atoms with Crippen molar-refractivity contribution in [3.63, 3.8) is 0 Å². The average molecular weight is 316 g/mol. The smallest absolute Gasteiger partial charge is 0.231 e. The van der Waals surface area contributed by atoms with Crippen LogP contribution in [0.5, 0.6) is 11.5 Å². The van der Waals surface area contributed by atoms with Gasteiger partial charge >= 0.3 is 0 Å². The fourth-order valence-corrected chi connectivity index (χ4v) is 2.19. The van der Waals surface area contributed by atoms with Gasteiger partial charge < -0.3 is 20.1 Å². The van der Waals surface area contributed by atoms with Crippen LogP contribution in [-0.4, -0.2) is 34.1 Å². The monoisotopic (exact) mass is 316 g/mol. The first-order valence-electron chi connectivity index (χ1n) is 7.50. The number of benzene rings is 1. The van der Waals surface area contributed by atoms with E-state index in [9.17, 15) is 0 Å². The average Bonchev–Trinajstić information content (AvgIpc) is 3.18. The summed E-state index contributed by atoms with van der Waals surface area (Å²) < 4.78 is 12.4. The highest BCUT2D eigenvalue weighted by molar-refractivity contribution is 5.79. The van der Waals surface area contributed by atoms with Crippen molar-refractivity contribution in [2.45, 2.75) is 20.0 Å². The number of guanidine groups is 1. The number of aryl methyl sites for hydroxylation is 1. The summed E-state index contributed by atoms with van der Waals surface area (Å²) in [7, 11) is 1.86. The molecule has 1 aliphatic rings. The topological polar surface area (TPSA) is 85.6 Å². The van der Waals surface area contributed by atoms with Crippen molar-refractivity contribution in [1.29, 1.82) is 0 Å². The van der Waals surface area contributed by atoms with Crippen LogP contribution in [-0.2, 0) is 20.1 Å². The zero-order chi connectivity index (χ0) is 16.1. The summed E-state index contributed by atoms with van der Waals surface area (Å²) in [4.78, 5) is 8.76. The number of fused-ring (bicyclic) bond motifs is 1. The van der Waals surface area contributed by atoms with Crippen LogP contribution in [0.1, 0.15) is 18.3 Å². The molecule has 0 spiro atoms.